The van der Waals surface area contributed by atoms with Gasteiger partial charge in [-0.1, -0.05) is 27.7 Å². The van der Waals surface area contributed by atoms with Gasteiger partial charge in [0.1, 0.15) is 0 Å². The lowest BCUT2D eigenvalue weighted by Gasteiger charge is -2.27. The SMILES string of the molecule is CCSC1CCC(NC(=O)CC(N)C(C)(C)C)C1. The summed E-state index contributed by atoms with van der Waals surface area (Å²) in [4.78, 5) is 11.9. The molecule has 0 saturated heterocycles. The third-order valence-electron chi connectivity index (χ3n) is 3.67. The second-order valence-electron chi connectivity index (χ2n) is 6.33. The molecule has 3 nitrogen and oxygen atoms in total. The van der Waals surface area contributed by atoms with Crippen molar-refractivity contribution in [3.05, 3.63) is 0 Å². The Morgan fingerprint density at radius 3 is 2.67 bits per heavy atom. The molecule has 0 spiro atoms. The third-order valence-corrected chi connectivity index (χ3v) is 4.90. The van der Waals surface area contributed by atoms with Crippen molar-refractivity contribution in [2.24, 2.45) is 11.1 Å². The van der Waals surface area contributed by atoms with Crippen LogP contribution in [0.5, 0.6) is 0 Å². The number of carbonyl (C=O) groups excluding carboxylic acids is 1. The van der Waals surface area contributed by atoms with Crippen LogP contribution in [0.2, 0.25) is 0 Å². The summed E-state index contributed by atoms with van der Waals surface area (Å²) in [6, 6.07) is 0.299. The summed E-state index contributed by atoms with van der Waals surface area (Å²) in [7, 11) is 0. The molecule has 106 valence electrons. The highest BCUT2D eigenvalue weighted by atomic mass is 32.2. The van der Waals surface area contributed by atoms with E-state index < -0.39 is 0 Å². The van der Waals surface area contributed by atoms with Gasteiger partial charge in [-0.3, -0.25) is 4.79 Å². The monoisotopic (exact) mass is 272 g/mol. The van der Waals surface area contributed by atoms with Gasteiger partial charge in [-0.05, 0) is 30.4 Å². The molecular formula is C14H28N2OS. The van der Waals surface area contributed by atoms with E-state index in [1.165, 1.54) is 12.2 Å². The minimum Gasteiger partial charge on any atom is -0.353 e. The molecule has 1 fully saturated rings. The zero-order valence-corrected chi connectivity index (χ0v) is 13.0. The number of hydrogen-bond acceptors (Lipinski definition) is 3. The molecule has 3 N–H and O–H groups in total. The average molecular weight is 272 g/mol. The second kappa shape index (κ2) is 6.80. The van der Waals surface area contributed by atoms with Gasteiger partial charge in [0.05, 0.1) is 0 Å². The zero-order valence-electron chi connectivity index (χ0n) is 12.2. The average Bonchev–Trinajstić information content (AvgIpc) is 2.64. The van der Waals surface area contributed by atoms with Crippen LogP contribution < -0.4 is 11.1 Å². The molecule has 0 radical (unpaired) electrons. The van der Waals surface area contributed by atoms with E-state index >= 15 is 0 Å². The zero-order chi connectivity index (χ0) is 13.8. The van der Waals surface area contributed by atoms with Gasteiger partial charge in [0, 0.05) is 23.8 Å². The summed E-state index contributed by atoms with van der Waals surface area (Å²) in [6.45, 7) is 8.43. The standard InChI is InChI=1S/C14H28N2OS/c1-5-18-11-7-6-10(8-11)16-13(17)9-12(15)14(2,3)4/h10-12H,5-9,15H2,1-4H3,(H,16,17). The normalized spacial score (nSPS) is 26.1. The Labute approximate surface area is 116 Å². The van der Waals surface area contributed by atoms with Gasteiger partial charge in [-0.2, -0.15) is 11.8 Å². The molecule has 3 unspecified atom stereocenters. The molecule has 0 aromatic heterocycles. The van der Waals surface area contributed by atoms with Gasteiger partial charge >= 0.3 is 0 Å². The Morgan fingerprint density at radius 1 is 1.44 bits per heavy atom. The summed E-state index contributed by atoms with van der Waals surface area (Å²) < 4.78 is 0. The van der Waals surface area contributed by atoms with Crippen LogP contribution >= 0.6 is 11.8 Å². The number of nitrogens with one attached hydrogen (secondary N) is 1. The fourth-order valence-corrected chi connectivity index (χ4v) is 3.39. The minimum atomic E-state index is -0.0697. The molecule has 1 amide bonds. The first kappa shape index (κ1) is 15.8. The maximum Gasteiger partial charge on any atom is 0.221 e. The maximum atomic E-state index is 11.9. The lowest BCUT2D eigenvalue weighted by molar-refractivity contribution is -0.122. The van der Waals surface area contributed by atoms with Crippen LogP contribution in [0.15, 0.2) is 0 Å². The molecule has 1 aliphatic carbocycles. The van der Waals surface area contributed by atoms with Crippen LogP contribution in [-0.4, -0.2) is 29.0 Å². The van der Waals surface area contributed by atoms with Crippen molar-refractivity contribution in [2.45, 2.75) is 70.7 Å². The second-order valence-corrected chi connectivity index (χ2v) is 7.91. The first-order valence-corrected chi connectivity index (χ1v) is 8.04. The predicted molar refractivity (Wildman–Crippen MR) is 79.7 cm³/mol. The number of carbonyl (C=O) groups is 1. The van der Waals surface area contributed by atoms with Gasteiger partial charge in [0.2, 0.25) is 5.91 Å². The summed E-state index contributed by atoms with van der Waals surface area (Å²) in [6.07, 6.45) is 3.91. The van der Waals surface area contributed by atoms with Crippen molar-refractivity contribution in [1.29, 1.82) is 0 Å². The molecule has 1 aliphatic rings. The highest BCUT2D eigenvalue weighted by molar-refractivity contribution is 7.99. The van der Waals surface area contributed by atoms with Crippen molar-refractivity contribution in [2.75, 3.05) is 5.75 Å². The largest absolute Gasteiger partial charge is 0.353 e. The van der Waals surface area contributed by atoms with Gasteiger partial charge in [0.15, 0.2) is 0 Å². The molecule has 0 aromatic carbocycles. The summed E-state index contributed by atoms with van der Waals surface area (Å²) >= 11 is 2.01. The number of amides is 1. The van der Waals surface area contributed by atoms with Crippen LogP contribution in [0.1, 0.15) is 53.4 Å². The van der Waals surface area contributed by atoms with Gasteiger partial charge in [0.25, 0.3) is 0 Å². The first-order chi connectivity index (χ1) is 8.32. The van der Waals surface area contributed by atoms with Crippen molar-refractivity contribution >= 4 is 17.7 Å². The predicted octanol–water partition coefficient (Wildman–Crippen LogP) is 2.54. The first-order valence-electron chi connectivity index (χ1n) is 6.99. The highest BCUT2D eigenvalue weighted by Gasteiger charge is 2.28. The van der Waals surface area contributed by atoms with Crippen LogP contribution in [0.3, 0.4) is 0 Å². The van der Waals surface area contributed by atoms with E-state index in [0.717, 1.165) is 18.1 Å². The molecule has 1 saturated carbocycles. The Bertz CT molecular complexity index is 275. The lowest BCUT2D eigenvalue weighted by Crippen LogP contribution is -2.42. The molecule has 3 atom stereocenters. The van der Waals surface area contributed by atoms with Crippen molar-refractivity contribution in [1.82, 2.24) is 5.32 Å². The Morgan fingerprint density at radius 2 is 2.11 bits per heavy atom. The summed E-state index contributed by atoms with van der Waals surface area (Å²) in [5.74, 6) is 1.28. The third kappa shape index (κ3) is 5.19. The fraction of sp³-hybridized carbons (Fsp3) is 0.929. The Balaban J connectivity index is 2.29. The van der Waals surface area contributed by atoms with Gasteiger partial charge in [-0.15, -0.1) is 0 Å². The van der Waals surface area contributed by atoms with Gasteiger partial charge < -0.3 is 11.1 Å². The summed E-state index contributed by atoms with van der Waals surface area (Å²) in [5, 5.41) is 3.87. The number of rotatable bonds is 5. The summed E-state index contributed by atoms with van der Waals surface area (Å²) in [5.41, 5.74) is 6.03. The smallest absolute Gasteiger partial charge is 0.221 e. The topological polar surface area (TPSA) is 55.1 Å². The van der Waals surface area contributed by atoms with E-state index in [4.69, 9.17) is 5.73 Å². The number of hydrogen-bond donors (Lipinski definition) is 2. The van der Waals surface area contributed by atoms with E-state index in [-0.39, 0.29) is 17.4 Å². The lowest BCUT2D eigenvalue weighted by atomic mass is 9.85. The number of thioether (sulfide) groups is 1. The molecule has 0 aliphatic heterocycles. The van der Waals surface area contributed by atoms with Crippen LogP contribution in [0.25, 0.3) is 0 Å². The fourth-order valence-electron chi connectivity index (χ4n) is 2.25. The quantitative estimate of drug-likeness (QED) is 0.808. The molecule has 18 heavy (non-hydrogen) atoms. The van der Waals surface area contributed by atoms with Crippen LogP contribution in [0.4, 0.5) is 0 Å². The van der Waals surface area contributed by atoms with E-state index in [2.05, 4.69) is 33.0 Å². The van der Waals surface area contributed by atoms with Crippen LogP contribution in [-0.2, 0) is 4.79 Å². The van der Waals surface area contributed by atoms with Gasteiger partial charge in [-0.25, -0.2) is 0 Å². The molecular weight excluding hydrogens is 244 g/mol. The van der Waals surface area contributed by atoms with Crippen molar-refractivity contribution in [3.8, 4) is 0 Å². The van der Waals surface area contributed by atoms with Crippen LogP contribution in [0, 0.1) is 5.41 Å². The highest BCUT2D eigenvalue weighted by Crippen LogP contribution is 2.29. The molecule has 0 bridgehead atoms. The molecule has 4 heteroatoms. The van der Waals surface area contributed by atoms with Crippen molar-refractivity contribution in [3.63, 3.8) is 0 Å². The van der Waals surface area contributed by atoms with E-state index in [0.29, 0.717) is 12.5 Å². The molecule has 0 heterocycles. The van der Waals surface area contributed by atoms with Crippen molar-refractivity contribution < 1.29 is 4.79 Å². The Kier molecular flexibility index (Phi) is 5.99. The minimum absolute atomic E-state index is 0.00634. The Hall–Kier alpha value is -0.220. The van der Waals surface area contributed by atoms with E-state index in [1.807, 2.05) is 11.8 Å². The van der Waals surface area contributed by atoms with E-state index in [1.54, 1.807) is 0 Å². The molecule has 0 aromatic rings. The number of nitrogens with two attached hydrogens (primary N) is 1. The van der Waals surface area contributed by atoms with E-state index in [9.17, 15) is 4.79 Å². The molecule has 1 rings (SSSR count). The maximum absolute atomic E-state index is 11.9.